The predicted molar refractivity (Wildman–Crippen MR) is 120 cm³/mol. The number of halogens is 1. The van der Waals surface area contributed by atoms with Crippen molar-refractivity contribution in [2.75, 3.05) is 11.4 Å². The van der Waals surface area contributed by atoms with Crippen LogP contribution in [0.25, 0.3) is 10.2 Å². The average Bonchev–Trinajstić information content (AvgIpc) is 3.43. The maximum atomic E-state index is 13.0. The van der Waals surface area contributed by atoms with Crippen molar-refractivity contribution in [2.45, 2.75) is 18.1 Å². The lowest BCUT2D eigenvalue weighted by molar-refractivity contribution is 0.207. The maximum absolute atomic E-state index is 13.0. The monoisotopic (exact) mass is 460 g/mol. The summed E-state index contributed by atoms with van der Waals surface area (Å²) in [6.45, 7) is 0.345. The molecule has 2 aromatic heterocycles. The van der Waals surface area contributed by atoms with Crippen LogP contribution in [0.4, 0.5) is 10.5 Å². The van der Waals surface area contributed by atoms with Gasteiger partial charge in [0.2, 0.25) is 0 Å². The van der Waals surface area contributed by atoms with E-state index < -0.39 is 6.09 Å². The molecule has 0 fully saturated rings. The highest BCUT2D eigenvalue weighted by Gasteiger charge is 2.22. The molecule has 30 heavy (non-hydrogen) atoms. The van der Waals surface area contributed by atoms with Crippen LogP contribution in [0.15, 0.2) is 48.0 Å². The summed E-state index contributed by atoms with van der Waals surface area (Å²) in [5.74, 6) is 1.02. The number of tetrazole rings is 1. The van der Waals surface area contributed by atoms with E-state index in [1.807, 2.05) is 18.2 Å². The number of hydrogen-bond acceptors (Lipinski definition) is 8. The fourth-order valence-corrected chi connectivity index (χ4v) is 3.97. The Hall–Kier alpha value is -2.69. The van der Waals surface area contributed by atoms with Crippen LogP contribution in [0.3, 0.4) is 0 Å². The number of thiol groups is 1. The van der Waals surface area contributed by atoms with Crippen molar-refractivity contribution >= 4 is 57.6 Å². The number of amides is 1. The molecule has 4 aromatic rings. The maximum Gasteiger partial charge on any atom is 0.419 e. The smallest absolute Gasteiger partial charge is 0.410 e. The van der Waals surface area contributed by atoms with E-state index in [0.717, 1.165) is 10.2 Å². The number of hydrogen-bond donors (Lipinski definition) is 2. The van der Waals surface area contributed by atoms with Crippen LogP contribution < -0.4 is 9.64 Å². The number of rotatable bonds is 7. The van der Waals surface area contributed by atoms with E-state index in [4.69, 9.17) is 16.3 Å². The molecule has 0 aliphatic rings. The minimum absolute atomic E-state index is 0.126. The number of carbonyl (C=O) groups is 1. The normalized spacial score (nSPS) is 12.1. The summed E-state index contributed by atoms with van der Waals surface area (Å²) >= 11 is 12.1. The van der Waals surface area contributed by atoms with Crippen molar-refractivity contribution in [1.29, 1.82) is 0 Å². The molecule has 0 saturated carbocycles. The van der Waals surface area contributed by atoms with Crippen LogP contribution in [0.2, 0.25) is 5.02 Å². The second-order valence-electron chi connectivity index (χ2n) is 6.46. The predicted octanol–water partition coefficient (Wildman–Crippen LogP) is 4.40. The lowest BCUT2D eigenvalue weighted by atomic mass is 10.2. The van der Waals surface area contributed by atoms with Gasteiger partial charge in [-0.2, -0.15) is 17.8 Å². The Morgan fingerprint density at radius 2 is 2.10 bits per heavy atom. The van der Waals surface area contributed by atoms with Gasteiger partial charge in [0, 0.05) is 28.9 Å². The molecule has 154 valence electrons. The van der Waals surface area contributed by atoms with Crippen molar-refractivity contribution in [1.82, 2.24) is 25.6 Å². The third-order valence-corrected chi connectivity index (χ3v) is 5.81. The number of thiazole rings is 1. The first-order valence-corrected chi connectivity index (χ1v) is 10.8. The molecule has 1 atom stereocenters. The van der Waals surface area contributed by atoms with E-state index >= 15 is 0 Å². The Kier molecular flexibility index (Phi) is 6.46. The number of anilines is 1. The first kappa shape index (κ1) is 20.6. The second kappa shape index (κ2) is 9.41. The molecule has 4 rings (SSSR count). The van der Waals surface area contributed by atoms with E-state index in [1.54, 1.807) is 34.7 Å². The van der Waals surface area contributed by atoms with Crippen molar-refractivity contribution < 1.29 is 9.53 Å². The highest BCUT2D eigenvalue weighted by Crippen LogP contribution is 2.27. The minimum Gasteiger partial charge on any atom is -0.410 e. The molecule has 1 unspecified atom stereocenters. The summed E-state index contributed by atoms with van der Waals surface area (Å²) < 4.78 is 6.56. The van der Waals surface area contributed by atoms with Gasteiger partial charge in [0.1, 0.15) is 5.75 Å². The van der Waals surface area contributed by atoms with Crippen LogP contribution in [0.1, 0.15) is 12.2 Å². The van der Waals surface area contributed by atoms with Gasteiger partial charge in [0.15, 0.2) is 5.82 Å². The van der Waals surface area contributed by atoms with E-state index in [2.05, 4.69) is 38.2 Å². The zero-order valence-electron chi connectivity index (χ0n) is 15.6. The Labute approximate surface area is 186 Å². The van der Waals surface area contributed by atoms with E-state index in [-0.39, 0.29) is 5.25 Å². The largest absolute Gasteiger partial charge is 0.419 e. The lowest BCUT2D eigenvalue weighted by Crippen LogP contribution is -2.38. The van der Waals surface area contributed by atoms with Gasteiger partial charge in [0.05, 0.1) is 15.7 Å². The summed E-state index contributed by atoms with van der Waals surface area (Å²) in [5.41, 5.74) is 3.37. The van der Waals surface area contributed by atoms with Gasteiger partial charge in [-0.05, 0) is 48.9 Å². The number of nitrogens with zero attached hydrogens (tertiary/aromatic N) is 5. The summed E-state index contributed by atoms with van der Waals surface area (Å²) in [4.78, 5) is 18.9. The Bertz CT molecular complexity index is 1120. The molecule has 0 aliphatic heterocycles. The van der Waals surface area contributed by atoms with Crippen molar-refractivity contribution in [3.63, 3.8) is 0 Å². The van der Waals surface area contributed by atoms with Crippen LogP contribution >= 0.6 is 35.6 Å². The summed E-state index contributed by atoms with van der Waals surface area (Å²) in [6, 6.07) is 12.3. The number of H-pyrrole nitrogens is 1. The third kappa shape index (κ3) is 5.07. The minimum atomic E-state index is -0.500. The van der Waals surface area contributed by atoms with Gasteiger partial charge >= 0.3 is 6.09 Å². The van der Waals surface area contributed by atoms with E-state index in [1.165, 1.54) is 11.3 Å². The topological polar surface area (TPSA) is 96.9 Å². The first-order valence-electron chi connectivity index (χ1n) is 9.07. The summed E-state index contributed by atoms with van der Waals surface area (Å²) in [7, 11) is 0. The summed E-state index contributed by atoms with van der Waals surface area (Å²) in [5, 5.41) is 14.3. The number of ether oxygens (including phenoxy) is 1. The third-order valence-electron chi connectivity index (χ3n) is 4.35. The molecule has 0 radical (unpaired) electrons. The SMILES string of the molecule is O=C(Oc1ccc(Cl)cc1)N(CC(S)CCc1nn[nH]n1)c1ccc2ncsc2c1. The number of aryl methyl sites for hydroxylation is 1. The average molecular weight is 461 g/mol. The zero-order valence-corrected chi connectivity index (χ0v) is 18.1. The number of aromatic nitrogens is 5. The number of nitrogens with one attached hydrogen (secondary N) is 1. The molecule has 2 aromatic carbocycles. The second-order valence-corrected chi connectivity index (χ2v) is 8.51. The fraction of sp³-hybridized carbons (Fsp3) is 0.211. The summed E-state index contributed by atoms with van der Waals surface area (Å²) in [6.07, 6.45) is 0.759. The van der Waals surface area contributed by atoms with Gasteiger partial charge < -0.3 is 4.74 Å². The quantitative estimate of drug-likeness (QED) is 0.397. The fourth-order valence-electron chi connectivity index (χ4n) is 2.84. The molecule has 0 aliphatic carbocycles. The number of fused-ring (bicyclic) bond motifs is 1. The molecule has 1 N–H and O–H groups in total. The van der Waals surface area contributed by atoms with Gasteiger partial charge in [-0.1, -0.05) is 16.8 Å². The van der Waals surface area contributed by atoms with Crippen LogP contribution in [0.5, 0.6) is 5.75 Å². The van der Waals surface area contributed by atoms with E-state index in [9.17, 15) is 4.79 Å². The van der Waals surface area contributed by atoms with E-state index in [0.29, 0.717) is 41.7 Å². The van der Waals surface area contributed by atoms with Crippen molar-refractivity contribution in [3.05, 3.63) is 58.8 Å². The molecule has 11 heteroatoms. The van der Waals surface area contributed by atoms with Crippen LogP contribution in [-0.4, -0.2) is 43.5 Å². The van der Waals surface area contributed by atoms with Crippen molar-refractivity contribution in [3.8, 4) is 5.75 Å². The number of benzene rings is 2. The standard InChI is InChI=1S/C19H17ClN6O2S2/c20-12-1-4-14(5-2-12)28-19(27)26(10-15(29)6-8-18-22-24-25-23-18)13-3-7-16-17(9-13)30-11-21-16/h1-5,7,9,11,15,29H,6,8,10H2,(H,22,23,24,25). The first-order chi connectivity index (χ1) is 14.6. The zero-order chi connectivity index (χ0) is 20.9. The number of aromatic amines is 1. The van der Waals surface area contributed by atoms with Crippen molar-refractivity contribution in [2.24, 2.45) is 0 Å². The molecule has 1 amide bonds. The molecular weight excluding hydrogens is 444 g/mol. The molecule has 2 heterocycles. The van der Waals surface area contributed by atoms with Crippen LogP contribution in [-0.2, 0) is 6.42 Å². The Morgan fingerprint density at radius 1 is 1.27 bits per heavy atom. The van der Waals surface area contributed by atoms with Gasteiger partial charge in [-0.25, -0.2) is 9.78 Å². The molecule has 0 saturated heterocycles. The highest BCUT2D eigenvalue weighted by atomic mass is 35.5. The lowest BCUT2D eigenvalue weighted by Gasteiger charge is -2.25. The number of carbonyl (C=O) groups excluding carboxylic acids is 1. The Morgan fingerprint density at radius 3 is 2.87 bits per heavy atom. The molecular formula is C19H17ClN6O2S2. The molecule has 0 bridgehead atoms. The Balaban J connectivity index is 1.53. The molecule has 0 spiro atoms. The van der Waals surface area contributed by atoms with Gasteiger partial charge in [-0.15, -0.1) is 21.5 Å². The van der Waals surface area contributed by atoms with Gasteiger partial charge in [0.25, 0.3) is 0 Å². The molecule has 8 nitrogen and oxygen atoms in total. The van der Waals surface area contributed by atoms with Gasteiger partial charge in [-0.3, -0.25) is 4.90 Å². The highest BCUT2D eigenvalue weighted by molar-refractivity contribution is 7.81. The van der Waals surface area contributed by atoms with Crippen LogP contribution in [0, 0.1) is 0 Å².